The Labute approximate surface area is 140 Å². The van der Waals surface area contributed by atoms with Crippen molar-refractivity contribution in [3.63, 3.8) is 0 Å². The van der Waals surface area contributed by atoms with Crippen LogP contribution < -0.4 is 10.1 Å². The van der Waals surface area contributed by atoms with Gasteiger partial charge in [0.05, 0.1) is 0 Å². The van der Waals surface area contributed by atoms with E-state index in [4.69, 9.17) is 27.9 Å². The Morgan fingerprint density at radius 2 is 1.86 bits per heavy atom. The third-order valence-electron chi connectivity index (χ3n) is 3.18. The number of hydrogen-bond donors (Lipinski definition) is 1. The van der Waals surface area contributed by atoms with Crippen LogP contribution >= 0.6 is 23.2 Å². The molecular formula is C17H17Cl2NO2. The first kappa shape index (κ1) is 16.7. The zero-order valence-corrected chi connectivity index (χ0v) is 13.9. The van der Waals surface area contributed by atoms with E-state index in [0.717, 1.165) is 5.56 Å². The van der Waals surface area contributed by atoms with E-state index in [1.54, 1.807) is 36.4 Å². The summed E-state index contributed by atoms with van der Waals surface area (Å²) in [6.45, 7) is 3.79. The first-order chi connectivity index (χ1) is 10.5. The summed E-state index contributed by atoms with van der Waals surface area (Å²) in [6.07, 6.45) is -0.0163. The smallest absolute Gasteiger partial charge is 0.265 e. The third kappa shape index (κ3) is 4.39. The van der Waals surface area contributed by atoms with Gasteiger partial charge in [-0.05, 0) is 61.4 Å². The van der Waals surface area contributed by atoms with E-state index >= 15 is 0 Å². The Hall–Kier alpha value is -1.71. The minimum absolute atomic E-state index is 0.197. The molecule has 1 atom stereocenters. The van der Waals surface area contributed by atoms with Crippen LogP contribution in [0.3, 0.4) is 0 Å². The van der Waals surface area contributed by atoms with Crippen LogP contribution in [0.25, 0.3) is 0 Å². The molecule has 1 N–H and O–H groups in total. The van der Waals surface area contributed by atoms with Crippen molar-refractivity contribution in [3.8, 4) is 5.75 Å². The zero-order chi connectivity index (χ0) is 16.1. The van der Waals surface area contributed by atoms with Gasteiger partial charge >= 0.3 is 0 Å². The summed E-state index contributed by atoms with van der Waals surface area (Å²) >= 11 is 11.8. The summed E-state index contributed by atoms with van der Waals surface area (Å²) in [4.78, 5) is 12.3. The average molecular weight is 338 g/mol. The molecule has 0 radical (unpaired) electrons. The Bertz CT molecular complexity index is 656. The lowest BCUT2D eigenvalue weighted by Gasteiger charge is -2.18. The number of carbonyl (C=O) groups excluding carboxylic acids is 1. The van der Waals surface area contributed by atoms with Crippen molar-refractivity contribution in [2.24, 2.45) is 0 Å². The lowest BCUT2D eigenvalue weighted by atomic mass is 10.2. The van der Waals surface area contributed by atoms with E-state index < -0.39 is 6.10 Å². The molecule has 0 bridgehead atoms. The molecule has 0 fully saturated rings. The number of aryl methyl sites for hydroxylation is 1. The molecule has 5 heteroatoms. The maximum atomic E-state index is 12.3. The van der Waals surface area contributed by atoms with Gasteiger partial charge in [0.25, 0.3) is 5.91 Å². The Balaban J connectivity index is 2.05. The third-order valence-corrected chi connectivity index (χ3v) is 3.86. The highest BCUT2D eigenvalue weighted by atomic mass is 35.5. The maximum absolute atomic E-state index is 12.3. The lowest BCUT2D eigenvalue weighted by molar-refractivity contribution is -0.122. The first-order valence-electron chi connectivity index (χ1n) is 6.99. The van der Waals surface area contributed by atoms with E-state index in [1.807, 2.05) is 19.9 Å². The minimum atomic E-state index is -0.573. The van der Waals surface area contributed by atoms with E-state index in [2.05, 4.69) is 5.32 Å². The molecule has 22 heavy (non-hydrogen) atoms. The van der Waals surface area contributed by atoms with E-state index in [1.165, 1.54) is 0 Å². The number of anilines is 1. The molecule has 0 saturated heterocycles. The van der Waals surface area contributed by atoms with Crippen molar-refractivity contribution in [1.29, 1.82) is 0 Å². The van der Waals surface area contributed by atoms with Gasteiger partial charge in [-0.2, -0.15) is 0 Å². The highest BCUT2D eigenvalue weighted by Gasteiger charge is 2.18. The Morgan fingerprint density at radius 3 is 2.45 bits per heavy atom. The second-order valence-corrected chi connectivity index (χ2v) is 5.77. The van der Waals surface area contributed by atoms with Gasteiger partial charge in [-0.15, -0.1) is 0 Å². The van der Waals surface area contributed by atoms with E-state index in [0.29, 0.717) is 27.9 Å². The molecule has 0 spiro atoms. The summed E-state index contributed by atoms with van der Waals surface area (Å²) in [5.74, 6) is 0.428. The fraction of sp³-hybridized carbons (Fsp3) is 0.235. The minimum Gasteiger partial charge on any atom is -0.481 e. The molecule has 2 rings (SSSR count). The topological polar surface area (TPSA) is 38.3 Å². The molecule has 2 aromatic carbocycles. The molecule has 1 amide bonds. The van der Waals surface area contributed by atoms with Crippen LogP contribution in [0.2, 0.25) is 10.0 Å². The van der Waals surface area contributed by atoms with Crippen molar-refractivity contribution in [3.05, 3.63) is 58.1 Å². The number of benzene rings is 2. The van der Waals surface area contributed by atoms with Gasteiger partial charge in [0.15, 0.2) is 6.10 Å². The normalized spacial score (nSPS) is 11.8. The molecule has 0 aliphatic heterocycles. The van der Waals surface area contributed by atoms with Gasteiger partial charge < -0.3 is 10.1 Å². The number of amides is 1. The summed E-state index contributed by atoms with van der Waals surface area (Å²) in [5, 5.41) is 4.11. The van der Waals surface area contributed by atoms with Crippen LogP contribution in [0, 0.1) is 6.92 Å². The molecule has 0 aliphatic carbocycles. The van der Waals surface area contributed by atoms with Crippen LogP contribution in [0.1, 0.15) is 18.9 Å². The molecule has 0 aromatic heterocycles. The first-order valence-corrected chi connectivity index (χ1v) is 7.74. The summed E-state index contributed by atoms with van der Waals surface area (Å²) in [7, 11) is 0. The van der Waals surface area contributed by atoms with Gasteiger partial charge in [0, 0.05) is 15.7 Å². The summed E-state index contributed by atoms with van der Waals surface area (Å²) < 4.78 is 5.76. The molecule has 0 saturated carbocycles. The molecule has 0 heterocycles. The van der Waals surface area contributed by atoms with Crippen molar-refractivity contribution >= 4 is 34.8 Å². The lowest BCUT2D eigenvalue weighted by Crippen LogP contribution is -2.32. The molecule has 0 aliphatic rings. The number of ether oxygens (including phenoxy) is 1. The van der Waals surface area contributed by atoms with Crippen LogP contribution in [0.5, 0.6) is 5.75 Å². The van der Waals surface area contributed by atoms with E-state index in [-0.39, 0.29) is 5.91 Å². The molecule has 0 unspecified atom stereocenters. The van der Waals surface area contributed by atoms with Crippen LogP contribution in [-0.4, -0.2) is 12.0 Å². The Kier molecular flexibility index (Phi) is 5.69. The largest absolute Gasteiger partial charge is 0.481 e. The van der Waals surface area contributed by atoms with E-state index in [9.17, 15) is 4.79 Å². The SMILES string of the molecule is CC[C@H](Oc1ccc(Cl)c(C)c1)C(=O)Nc1ccc(Cl)cc1. The highest BCUT2D eigenvalue weighted by molar-refractivity contribution is 6.31. The van der Waals surface area contributed by atoms with Crippen LogP contribution in [-0.2, 0) is 4.79 Å². The zero-order valence-electron chi connectivity index (χ0n) is 12.4. The number of nitrogens with one attached hydrogen (secondary N) is 1. The van der Waals surface area contributed by atoms with Crippen molar-refractivity contribution < 1.29 is 9.53 Å². The second kappa shape index (κ2) is 7.52. The van der Waals surface area contributed by atoms with Gasteiger partial charge in [-0.3, -0.25) is 4.79 Å². The fourth-order valence-electron chi connectivity index (χ4n) is 1.93. The van der Waals surface area contributed by atoms with Gasteiger partial charge in [-0.25, -0.2) is 0 Å². The summed E-state index contributed by atoms with van der Waals surface area (Å²) in [6, 6.07) is 12.3. The number of hydrogen-bond acceptors (Lipinski definition) is 2. The molecule has 3 nitrogen and oxygen atoms in total. The second-order valence-electron chi connectivity index (χ2n) is 4.92. The summed E-state index contributed by atoms with van der Waals surface area (Å²) in [5.41, 5.74) is 1.59. The fourth-order valence-corrected chi connectivity index (χ4v) is 2.18. The van der Waals surface area contributed by atoms with Crippen molar-refractivity contribution in [2.75, 3.05) is 5.32 Å². The predicted octanol–water partition coefficient (Wildman–Crippen LogP) is 5.10. The van der Waals surface area contributed by atoms with Crippen LogP contribution in [0.4, 0.5) is 5.69 Å². The quantitative estimate of drug-likeness (QED) is 0.824. The monoisotopic (exact) mass is 337 g/mol. The van der Waals surface area contributed by atoms with Crippen LogP contribution in [0.15, 0.2) is 42.5 Å². The van der Waals surface area contributed by atoms with Crippen molar-refractivity contribution in [2.45, 2.75) is 26.4 Å². The average Bonchev–Trinajstić information content (AvgIpc) is 2.50. The number of carbonyl (C=O) groups is 1. The molecule has 2 aromatic rings. The molecular weight excluding hydrogens is 321 g/mol. The van der Waals surface area contributed by atoms with Gasteiger partial charge in [0.1, 0.15) is 5.75 Å². The van der Waals surface area contributed by atoms with Gasteiger partial charge in [0.2, 0.25) is 0 Å². The number of rotatable bonds is 5. The maximum Gasteiger partial charge on any atom is 0.265 e. The predicted molar refractivity (Wildman–Crippen MR) is 91.0 cm³/mol. The number of halogens is 2. The highest BCUT2D eigenvalue weighted by Crippen LogP contribution is 2.23. The van der Waals surface area contributed by atoms with Gasteiger partial charge in [-0.1, -0.05) is 30.1 Å². The molecule has 116 valence electrons. The standard InChI is InChI=1S/C17H17Cl2NO2/c1-3-16(22-14-8-9-15(19)11(2)10-14)17(21)20-13-6-4-12(18)5-7-13/h4-10,16H,3H2,1-2H3,(H,20,21)/t16-/m0/s1. The Morgan fingerprint density at radius 1 is 1.18 bits per heavy atom. The van der Waals surface area contributed by atoms with Crippen molar-refractivity contribution in [1.82, 2.24) is 0 Å².